The molecule has 1 atom stereocenters. The third kappa shape index (κ3) is 5.17. The fourth-order valence-corrected chi connectivity index (χ4v) is 1.91. The molecule has 1 aromatic rings. The van der Waals surface area contributed by atoms with Crippen molar-refractivity contribution in [1.29, 1.82) is 0 Å². The average Bonchev–Trinajstić information content (AvgIpc) is 2.53. The van der Waals surface area contributed by atoms with Gasteiger partial charge in [0, 0.05) is 12.0 Å². The summed E-state index contributed by atoms with van der Waals surface area (Å²) in [5, 5.41) is 18.3. The summed E-state index contributed by atoms with van der Waals surface area (Å²) < 4.78 is 10.0. The third-order valence-corrected chi connectivity index (χ3v) is 3.08. The van der Waals surface area contributed by atoms with Crippen LogP contribution in [0.3, 0.4) is 0 Å². The third-order valence-electron chi connectivity index (χ3n) is 3.08. The average molecular weight is 350 g/mol. The van der Waals surface area contributed by atoms with E-state index in [9.17, 15) is 24.3 Å². The van der Waals surface area contributed by atoms with Crippen LogP contribution >= 0.6 is 0 Å². The second kappa shape index (κ2) is 8.62. The van der Waals surface area contributed by atoms with Gasteiger partial charge in [0.25, 0.3) is 0 Å². The fraction of sp³-hybridized carbons (Fsp3) is 0.294. The normalized spacial score (nSPS) is 11.3. The molecule has 8 heteroatoms. The highest BCUT2D eigenvalue weighted by Gasteiger charge is 2.27. The smallest absolute Gasteiger partial charge is 0.342 e. The summed E-state index contributed by atoms with van der Waals surface area (Å²) >= 11 is 0. The first-order valence-electron chi connectivity index (χ1n) is 7.36. The molecule has 0 saturated carbocycles. The van der Waals surface area contributed by atoms with Gasteiger partial charge in [-0.25, -0.2) is 19.2 Å². The summed E-state index contributed by atoms with van der Waals surface area (Å²) in [5.41, 5.74) is -1.58. The van der Waals surface area contributed by atoms with Gasteiger partial charge in [-0.2, -0.15) is 0 Å². The Bertz CT molecular complexity index is 719. The molecule has 0 amide bonds. The number of benzene rings is 1. The van der Waals surface area contributed by atoms with E-state index in [4.69, 9.17) is 14.6 Å². The summed E-state index contributed by atoms with van der Waals surface area (Å²) in [4.78, 5) is 46.4. The zero-order valence-corrected chi connectivity index (χ0v) is 13.8. The maximum Gasteiger partial charge on any atom is 0.342 e. The molecule has 0 spiro atoms. The molecule has 25 heavy (non-hydrogen) atoms. The number of hydrogen-bond donors (Lipinski definition) is 2. The Morgan fingerprint density at radius 3 is 2.16 bits per heavy atom. The summed E-state index contributed by atoms with van der Waals surface area (Å²) in [6.07, 6.45) is -0.537. The Hall–Kier alpha value is -3.16. The second-order valence-electron chi connectivity index (χ2n) is 5.15. The van der Waals surface area contributed by atoms with E-state index in [-0.39, 0.29) is 12.0 Å². The molecule has 2 N–H and O–H groups in total. The number of carbonyl (C=O) groups excluding carboxylic acids is 2. The van der Waals surface area contributed by atoms with Crippen molar-refractivity contribution in [3.63, 3.8) is 0 Å². The number of aromatic carboxylic acids is 2. The molecule has 0 bridgehead atoms. The van der Waals surface area contributed by atoms with Crippen LogP contribution in [0, 0.1) is 0 Å². The van der Waals surface area contributed by atoms with Gasteiger partial charge < -0.3 is 19.7 Å². The molecular weight excluding hydrogens is 332 g/mol. The molecule has 1 rings (SSSR count). The fourth-order valence-electron chi connectivity index (χ4n) is 1.91. The maximum atomic E-state index is 12.3. The van der Waals surface area contributed by atoms with Crippen molar-refractivity contribution < 1.29 is 38.9 Å². The minimum atomic E-state index is -1.59. The van der Waals surface area contributed by atoms with Gasteiger partial charge in [-0.05, 0) is 25.5 Å². The Labute approximate surface area is 143 Å². The number of carbonyl (C=O) groups is 4. The summed E-state index contributed by atoms with van der Waals surface area (Å²) in [7, 11) is 0. The van der Waals surface area contributed by atoms with Gasteiger partial charge in [0.15, 0.2) is 0 Å². The minimum absolute atomic E-state index is 0.108. The van der Waals surface area contributed by atoms with Crippen LogP contribution in [-0.2, 0) is 14.3 Å². The molecule has 0 heterocycles. The number of carboxylic acids is 2. The molecule has 0 fully saturated rings. The van der Waals surface area contributed by atoms with Gasteiger partial charge in [0.1, 0.15) is 0 Å². The van der Waals surface area contributed by atoms with Gasteiger partial charge >= 0.3 is 23.9 Å². The lowest BCUT2D eigenvalue weighted by molar-refractivity contribution is -0.164. The van der Waals surface area contributed by atoms with E-state index in [1.54, 1.807) is 6.92 Å². The van der Waals surface area contributed by atoms with E-state index in [0.29, 0.717) is 6.42 Å². The standard InChI is InChI=1S/C17H18O8/c1-4-6-12(24-16(22)9(2)3)25-17(23)11-8-5-7-10(14(18)19)13(11)15(20)21/h5,7-8,12H,2,4,6H2,1,3H3,(H,18,19)(H,20,21). The molecular formula is C17H18O8. The molecule has 1 unspecified atom stereocenters. The van der Waals surface area contributed by atoms with Gasteiger partial charge in [0.05, 0.1) is 16.7 Å². The predicted molar refractivity (Wildman–Crippen MR) is 85.4 cm³/mol. The van der Waals surface area contributed by atoms with Crippen LogP contribution in [-0.4, -0.2) is 40.4 Å². The summed E-state index contributed by atoms with van der Waals surface area (Å²) in [6.45, 7) is 6.61. The quantitative estimate of drug-likeness (QED) is 0.416. The van der Waals surface area contributed by atoms with Crippen molar-refractivity contribution in [3.8, 4) is 0 Å². The van der Waals surface area contributed by atoms with Crippen molar-refractivity contribution in [2.45, 2.75) is 33.0 Å². The second-order valence-corrected chi connectivity index (χ2v) is 5.15. The predicted octanol–water partition coefficient (Wildman–Crippen LogP) is 2.49. The number of carboxylic acid groups (broad SMARTS) is 2. The van der Waals surface area contributed by atoms with E-state index in [2.05, 4.69) is 6.58 Å². The van der Waals surface area contributed by atoms with Gasteiger partial charge in [-0.3, -0.25) is 0 Å². The van der Waals surface area contributed by atoms with Gasteiger partial charge in [-0.15, -0.1) is 0 Å². The van der Waals surface area contributed by atoms with Gasteiger partial charge in [0.2, 0.25) is 6.29 Å². The van der Waals surface area contributed by atoms with E-state index >= 15 is 0 Å². The minimum Gasteiger partial charge on any atom is -0.478 e. The first kappa shape index (κ1) is 19.9. The van der Waals surface area contributed by atoms with Crippen molar-refractivity contribution in [1.82, 2.24) is 0 Å². The molecule has 134 valence electrons. The van der Waals surface area contributed by atoms with Crippen molar-refractivity contribution in [2.24, 2.45) is 0 Å². The summed E-state index contributed by atoms with van der Waals surface area (Å²) in [5.74, 6) is -4.95. The Morgan fingerprint density at radius 1 is 1.08 bits per heavy atom. The lowest BCUT2D eigenvalue weighted by Gasteiger charge is -2.18. The lowest BCUT2D eigenvalue weighted by atomic mass is 10.0. The molecule has 0 saturated heterocycles. The molecule has 0 radical (unpaired) electrons. The molecule has 0 aliphatic heterocycles. The molecule has 8 nitrogen and oxygen atoms in total. The van der Waals surface area contributed by atoms with Crippen LogP contribution in [0.4, 0.5) is 0 Å². The number of esters is 2. The molecule has 1 aromatic carbocycles. The van der Waals surface area contributed by atoms with Crippen LogP contribution < -0.4 is 0 Å². The van der Waals surface area contributed by atoms with Crippen LogP contribution in [0.1, 0.15) is 57.8 Å². The zero-order chi connectivity index (χ0) is 19.1. The first-order chi connectivity index (χ1) is 11.7. The van der Waals surface area contributed by atoms with Crippen LogP contribution in [0.5, 0.6) is 0 Å². The van der Waals surface area contributed by atoms with E-state index in [1.165, 1.54) is 13.0 Å². The Morgan fingerprint density at radius 2 is 1.68 bits per heavy atom. The Balaban J connectivity index is 3.15. The van der Waals surface area contributed by atoms with Crippen LogP contribution in [0.2, 0.25) is 0 Å². The maximum absolute atomic E-state index is 12.3. The highest BCUT2D eigenvalue weighted by molar-refractivity contribution is 6.09. The Kier molecular flexibility index (Phi) is 6.86. The number of ether oxygens (including phenoxy) is 2. The molecule has 0 aliphatic rings. The summed E-state index contributed by atoms with van der Waals surface area (Å²) in [6, 6.07) is 3.41. The highest BCUT2D eigenvalue weighted by atomic mass is 16.7. The van der Waals surface area contributed by atoms with Crippen molar-refractivity contribution in [2.75, 3.05) is 0 Å². The SMILES string of the molecule is C=C(C)C(=O)OC(CCC)OC(=O)c1cccc(C(=O)O)c1C(=O)O. The number of rotatable bonds is 8. The van der Waals surface area contributed by atoms with Crippen LogP contribution in [0.15, 0.2) is 30.4 Å². The topological polar surface area (TPSA) is 127 Å². The van der Waals surface area contributed by atoms with E-state index in [1.807, 2.05) is 0 Å². The van der Waals surface area contributed by atoms with Crippen molar-refractivity contribution in [3.05, 3.63) is 47.0 Å². The number of hydrogen-bond acceptors (Lipinski definition) is 6. The van der Waals surface area contributed by atoms with E-state index < -0.39 is 46.9 Å². The highest BCUT2D eigenvalue weighted by Crippen LogP contribution is 2.19. The molecule has 0 aromatic heterocycles. The van der Waals surface area contributed by atoms with Crippen LogP contribution in [0.25, 0.3) is 0 Å². The lowest BCUT2D eigenvalue weighted by Crippen LogP contribution is -2.26. The van der Waals surface area contributed by atoms with Gasteiger partial charge in [-0.1, -0.05) is 19.6 Å². The molecule has 0 aliphatic carbocycles. The largest absolute Gasteiger partial charge is 0.478 e. The zero-order valence-electron chi connectivity index (χ0n) is 13.8. The van der Waals surface area contributed by atoms with Crippen molar-refractivity contribution >= 4 is 23.9 Å². The van der Waals surface area contributed by atoms with E-state index in [0.717, 1.165) is 12.1 Å². The first-order valence-corrected chi connectivity index (χ1v) is 7.36. The monoisotopic (exact) mass is 350 g/mol.